The maximum absolute atomic E-state index is 11.0. The van der Waals surface area contributed by atoms with E-state index in [2.05, 4.69) is 10.1 Å². The first-order valence-corrected chi connectivity index (χ1v) is 8.18. The Labute approximate surface area is 137 Å². The van der Waals surface area contributed by atoms with Gasteiger partial charge in [-0.15, -0.1) is 4.68 Å². The summed E-state index contributed by atoms with van der Waals surface area (Å²) in [5.41, 5.74) is 1.99. The first kappa shape index (κ1) is 15.2. The second-order valence-electron chi connectivity index (χ2n) is 4.82. The van der Waals surface area contributed by atoms with Crippen LogP contribution in [0, 0.1) is 10.1 Å². The van der Waals surface area contributed by atoms with E-state index in [-0.39, 0.29) is 12.0 Å². The van der Waals surface area contributed by atoms with Crippen LogP contribution in [0.2, 0.25) is 0 Å². The molecule has 23 heavy (non-hydrogen) atoms. The van der Waals surface area contributed by atoms with Crippen LogP contribution in [-0.4, -0.2) is 25.9 Å². The molecule has 1 heterocycles. The van der Waals surface area contributed by atoms with Gasteiger partial charge in [0.2, 0.25) is 0 Å². The zero-order chi connectivity index (χ0) is 16.2. The predicted molar refractivity (Wildman–Crippen MR) is 88.6 cm³/mol. The Morgan fingerprint density at radius 1 is 1.04 bits per heavy atom. The molecule has 3 rings (SSSR count). The first-order chi connectivity index (χ1) is 11.2. The Balaban J connectivity index is 2.18. The molecule has 0 aliphatic heterocycles. The molecule has 0 atom stereocenters. The number of hydrogen-bond donors (Lipinski definition) is 0. The van der Waals surface area contributed by atoms with Crippen molar-refractivity contribution in [2.24, 2.45) is 0 Å². The van der Waals surface area contributed by atoms with Gasteiger partial charge in [0.1, 0.15) is 6.04 Å². The summed E-state index contributed by atoms with van der Waals surface area (Å²) in [5, 5.41) is 15.7. The highest BCUT2D eigenvalue weighted by Gasteiger charge is 2.28. The van der Waals surface area contributed by atoms with E-state index in [9.17, 15) is 10.1 Å². The number of hydrogen-bond acceptors (Lipinski definition) is 5. The molecule has 0 unspecified atom stereocenters. The van der Waals surface area contributed by atoms with Crippen molar-refractivity contribution in [3.63, 3.8) is 0 Å². The van der Waals surface area contributed by atoms with Gasteiger partial charge < -0.3 is 10.1 Å². The van der Waals surface area contributed by atoms with Crippen LogP contribution in [0.4, 0.5) is 5.95 Å². The molecule has 0 fully saturated rings. The van der Waals surface area contributed by atoms with Crippen LogP contribution in [0.25, 0.3) is 0 Å². The van der Waals surface area contributed by atoms with Crippen molar-refractivity contribution in [2.45, 2.75) is 11.2 Å². The third-order valence-corrected chi connectivity index (χ3v) is 4.05. The van der Waals surface area contributed by atoms with E-state index in [1.54, 1.807) is 4.68 Å². The molecule has 0 radical (unpaired) electrons. The highest BCUT2D eigenvalue weighted by atomic mass is 32.2. The minimum Gasteiger partial charge on any atom is -0.390 e. The summed E-state index contributed by atoms with van der Waals surface area (Å²) in [6, 6.07) is 19.3. The lowest BCUT2D eigenvalue weighted by atomic mass is 9.99. The van der Waals surface area contributed by atoms with Crippen LogP contribution >= 0.6 is 11.8 Å². The van der Waals surface area contributed by atoms with Gasteiger partial charge in [-0.25, -0.2) is 0 Å². The summed E-state index contributed by atoms with van der Waals surface area (Å²) in [5.74, 6) is -0.383. The standard InChI is InChI=1S/C16H14N4O2S/c1-23-16-17-15(20(21)22)18-19(16)14(12-8-4-2-5-9-12)13-10-6-3-7-11-13/h2-11,14H,1H3. The van der Waals surface area contributed by atoms with Crippen molar-refractivity contribution in [2.75, 3.05) is 6.26 Å². The summed E-state index contributed by atoms with van der Waals surface area (Å²) >= 11 is 1.34. The SMILES string of the molecule is CSc1nc([N+](=O)[O-])nn1C(c1ccccc1)c1ccccc1. The molecule has 0 N–H and O–H groups in total. The molecular formula is C16H14N4O2S. The van der Waals surface area contributed by atoms with Crippen molar-refractivity contribution in [3.8, 4) is 0 Å². The molecular weight excluding hydrogens is 312 g/mol. The van der Waals surface area contributed by atoms with E-state index in [4.69, 9.17) is 0 Å². The van der Waals surface area contributed by atoms with Crippen molar-refractivity contribution < 1.29 is 4.92 Å². The van der Waals surface area contributed by atoms with Crippen LogP contribution < -0.4 is 0 Å². The van der Waals surface area contributed by atoms with E-state index in [1.165, 1.54) is 11.8 Å². The van der Waals surface area contributed by atoms with Crippen molar-refractivity contribution in [1.29, 1.82) is 0 Å². The van der Waals surface area contributed by atoms with E-state index in [1.807, 2.05) is 66.9 Å². The van der Waals surface area contributed by atoms with Crippen LogP contribution in [-0.2, 0) is 0 Å². The molecule has 0 spiro atoms. The van der Waals surface area contributed by atoms with Gasteiger partial charge in [0.25, 0.3) is 5.16 Å². The van der Waals surface area contributed by atoms with Crippen LogP contribution in [0.3, 0.4) is 0 Å². The maximum Gasteiger partial charge on any atom is 0.492 e. The fourth-order valence-corrected chi connectivity index (χ4v) is 2.93. The molecule has 116 valence electrons. The monoisotopic (exact) mass is 326 g/mol. The van der Waals surface area contributed by atoms with Gasteiger partial charge in [-0.3, -0.25) is 0 Å². The van der Waals surface area contributed by atoms with Gasteiger partial charge >= 0.3 is 5.95 Å². The lowest BCUT2D eigenvalue weighted by molar-refractivity contribution is -0.394. The van der Waals surface area contributed by atoms with Crippen LogP contribution in [0.5, 0.6) is 0 Å². The summed E-state index contributed by atoms with van der Waals surface area (Å²) in [4.78, 5) is 14.5. The topological polar surface area (TPSA) is 73.8 Å². The van der Waals surface area contributed by atoms with Gasteiger partial charge in [0.05, 0.1) is 0 Å². The quantitative estimate of drug-likeness (QED) is 0.407. The zero-order valence-electron chi connectivity index (χ0n) is 12.4. The Morgan fingerprint density at radius 2 is 1.57 bits per heavy atom. The molecule has 0 aliphatic rings. The second-order valence-corrected chi connectivity index (χ2v) is 5.60. The lowest BCUT2D eigenvalue weighted by Gasteiger charge is -2.16. The van der Waals surface area contributed by atoms with E-state index in [0.29, 0.717) is 5.16 Å². The Kier molecular flexibility index (Phi) is 4.38. The molecule has 7 heteroatoms. The third kappa shape index (κ3) is 3.09. The predicted octanol–water partition coefficient (Wildman–Crippen LogP) is 3.55. The number of nitro groups is 1. The molecule has 0 saturated heterocycles. The second kappa shape index (κ2) is 6.62. The highest BCUT2D eigenvalue weighted by Crippen LogP contribution is 2.30. The summed E-state index contributed by atoms with van der Waals surface area (Å²) in [7, 11) is 0. The minimum absolute atomic E-state index is 0.263. The number of benzene rings is 2. The van der Waals surface area contributed by atoms with Crippen molar-refractivity contribution in [3.05, 3.63) is 81.9 Å². The number of nitrogens with zero attached hydrogens (tertiary/aromatic N) is 4. The number of thioether (sulfide) groups is 1. The molecule has 0 aliphatic carbocycles. The fraction of sp³-hybridized carbons (Fsp3) is 0.125. The average Bonchev–Trinajstić information content (AvgIpc) is 3.01. The summed E-state index contributed by atoms with van der Waals surface area (Å²) in [6.45, 7) is 0. The molecule has 0 saturated carbocycles. The van der Waals surface area contributed by atoms with Crippen LogP contribution in [0.15, 0.2) is 65.8 Å². The third-order valence-electron chi connectivity index (χ3n) is 3.41. The van der Waals surface area contributed by atoms with Gasteiger partial charge in [0, 0.05) is 5.10 Å². The van der Waals surface area contributed by atoms with Crippen molar-refractivity contribution in [1.82, 2.24) is 14.8 Å². The number of rotatable bonds is 5. The van der Waals surface area contributed by atoms with Gasteiger partial charge in [-0.2, -0.15) is 0 Å². The zero-order valence-corrected chi connectivity index (χ0v) is 13.2. The molecule has 6 nitrogen and oxygen atoms in total. The molecule has 0 bridgehead atoms. The largest absolute Gasteiger partial charge is 0.492 e. The first-order valence-electron chi connectivity index (χ1n) is 6.95. The van der Waals surface area contributed by atoms with Crippen molar-refractivity contribution >= 4 is 17.7 Å². The lowest BCUT2D eigenvalue weighted by Crippen LogP contribution is -2.15. The Hall–Kier alpha value is -2.67. The van der Waals surface area contributed by atoms with E-state index in [0.717, 1.165) is 11.1 Å². The fourth-order valence-electron chi connectivity index (χ4n) is 2.43. The van der Waals surface area contributed by atoms with Gasteiger partial charge in [-0.05, 0) is 27.3 Å². The molecule has 0 amide bonds. The van der Waals surface area contributed by atoms with E-state index < -0.39 is 4.92 Å². The minimum atomic E-state index is -0.566. The average molecular weight is 326 g/mol. The normalized spacial score (nSPS) is 10.9. The van der Waals surface area contributed by atoms with Gasteiger partial charge in [0.15, 0.2) is 0 Å². The summed E-state index contributed by atoms with van der Waals surface area (Å²) < 4.78 is 1.62. The van der Waals surface area contributed by atoms with E-state index >= 15 is 0 Å². The van der Waals surface area contributed by atoms with Crippen LogP contribution in [0.1, 0.15) is 17.2 Å². The molecule has 1 aromatic heterocycles. The Morgan fingerprint density at radius 3 is 2.00 bits per heavy atom. The smallest absolute Gasteiger partial charge is 0.390 e. The molecule has 2 aromatic carbocycles. The summed E-state index contributed by atoms with van der Waals surface area (Å²) in [6.07, 6.45) is 1.83. The highest BCUT2D eigenvalue weighted by molar-refractivity contribution is 7.98. The maximum atomic E-state index is 11.0. The number of aromatic nitrogens is 3. The molecule has 3 aromatic rings. The Bertz CT molecular complexity index is 766. The van der Waals surface area contributed by atoms with Gasteiger partial charge in [-0.1, -0.05) is 72.4 Å².